The number of carbonyl (C=O) groups is 1. The number of nitrogens with zero attached hydrogens (tertiary/aromatic N) is 2. The number of hydrogen-bond acceptors (Lipinski definition) is 2. The van der Waals surface area contributed by atoms with Gasteiger partial charge in [-0.15, -0.1) is 6.42 Å². The molecule has 0 spiro atoms. The molecule has 4 nitrogen and oxygen atoms in total. The van der Waals surface area contributed by atoms with Crippen LogP contribution in [0.5, 0.6) is 0 Å². The summed E-state index contributed by atoms with van der Waals surface area (Å²) < 4.78 is 0. The van der Waals surface area contributed by atoms with E-state index in [0.717, 1.165) is 19.3 Å². The van der Waals surface area contributed by atoms with Crippen LogP contribution in [0.2, 0.25) is 0 Å². The zero-order valence-corrected chi connectivity index (χ0v) is 9.29. The lowest BCUT2D eigenvalue weighted by Gasteiger charge is -2.36. The molecular weight excluding hydrogens is 190 g/mol. The van der Waals surface area contributed by atoms with Crippen molar-refractivity contribution in [2.45, 2.75) is 38.6 Å². The molecule has 1 aliphatic rings. The minimum atomic E-state index is -0.446. The maximum absolute atomic E-state index is 11.6. The molecule has 0 saturated carbocycles. The molecule has 0 aliphatic carbocycles. The maximum Gasteiger partial charge on any atom is 0.346 e. The van der Waals surface area contributed by atoms with Crippen LogP contribution >= 0.6 is 0 Å². The number of urea groups is 1. The second-order valence-electron chi connectivity index (χ2n) is 3.71. The van der Waals surface area contributed by atoms with E-state index < -0.39 is 5.54 Å². The van der Waals surface area contributed by atoms with E-state index in [1.807, 2.05) is 6.92 Å². The van der Waals surface area contributed by atoms with Crippen LogP contribution in [0.15, 0.2) is 4.99 Å². The van der Waals surface area contributed by atoms with Gasteiger partial charge in [0.15, 0.2) is 0 Å². The molecule has 0 fully saturated rings. The Labute approximate surface area is 90.5 Å². The molecule has 15 heavy (non-hydrogen) atoms. The standard InChI is InChI=1S/C11H17N3O/c1-4-7-11(6-3)9(12)13-10(15)14(11)8-5-2/h2H,4,6-8H2,1,3H3,(H2,12,13,15). The molecular formula is C11H17N3O. The van der Waals surface area contributed by atoms with E-state index in [4.69, 9.17) is 12.2 Å². The van der Waals surface area contributed by atoms with Gasteiger partial charge in [-0.1, -0.05) is 26.2 Å². The van der Waals surface area contributed by atoms with Crippen LogP contribution in [0.1, 0.15) is 33.1 Å². The first-order chi connectivity index (χ1) is 7.12. The predicted octanol–water partition coefficient (Wildman–Crippen LogP) is 1.36. The Morgan fingerprint density at radius 1 is 1.60 bits per heavy atom. The zero-order valence-electron chi connectivity index (χ0n) is 9.29. The molecule has 0 saturated heterocycles. The molecule has 1 aliphatic heterocycles. The largest absolute Gasteiger partial charge is 0.385 e. The highest BCUT2D eigenvalue weighted by Gasteiger charge is 2.45. The SMILES string of the molecule is C#CCN1C(=O)N=C(N)C1(CC)CCC. The summed E-state index contributed by atoms with van der Waals surface area (Å²) in [7, 11) is 0. The molecule has 2 amide bonds. The minimum Gasteiger partial charge on any atom is -0.385 e. The Kier molecular flexibility index (Phi) is 3.35. The van der Waals surface area contributed by atoms with Gasteiger partial charge in [0.1, 0.15) is 11.4 Å². The average Bonchev–Trinajstić information content (AvgIpc) is 2.43. The van der Waals surface area contributed by atoms with E-state index in [-0.39, 0.29) is 12.6 Å². The first-order valence-electron chi connectivity index (χ1n) is 5.22. The minimum absolute atomic E-state index is 0.275. The Bertz CT molecular complexity index is 329. The molecule has 0 aromatic rings. The molecule has 1 atom stereocenters. The van der Waals surface area contributed by atoms with Gasteiger partial charge in [-0.2, -0.15) is 4.99 Å². The third kappa shape index (κ3) is 1.70. The number of amidine groups is 1. The van der Waals surface area contributed by atoms with Crippen molar-refractivity contribution in [1.29, 1.82) is 0 Å². The van der Waals surface area contributed by atoms with E-state index in [2.05, 4.69) is 17.8 Å². The van der Waals surface area contributed by atoms with Crippen LogP contribution in [0.3, 0.4) is 0 Å². The Morgan fingerprint density at radius 2 is 2.27 bits per heavy atom. The van der Waals surface area contributed by atoms with Gasteiger partial charge in [-0.25, -0.2) is 4.79 Å². The van der Waals surface area contributed by atoms with Gasteiger partial charge >= 0.3 is 6.03 Å². The lowest BCUT2D eigenvalue weighted by atomic mass is 9.88. The molecule has 0 bridgehead atoms. The molecule has 0 radical (unpaired) electrons. The lowest BCUT2D eigenvalue weighted by molar-refractivity contribution is 0.172. The van der Waals surface area contributed by atoms with Crippen molar-refractivity contribution >= 4 is 11.9 Å². The summed E-state index contributed by atoms with van der Waals surface area (Å²) in [5.74, 6) is 2.89. The van der Waals surface area contributed by atoms with Crippen molar-refractivity contribution in [2.24, 2.45) is 10.7 Å². The number of terminal acetylenes is 1. The van der Waals surface area contributed by atoms with Crippen molar-refractivity contribution < 1.29 is 4.79 Å². The fraction of sp³-hybridized carbons (Fsp3) is 0.636. The fourth-order valence-electron chi connectivity index (χ4n) is 2.12. The van der Waals surface area contributed by atoms with Crippen LogP contribution in [-0.2, 0) is 0 Å². The van der Waals surface area contributed by atoms with Gasteiger partial charge in [0.25, 0.3) is 0 Å². The quantitative estimate of drug-likeness (QED) is 0.708. The smallest absolute Gasteiger partial charge is 0.346 e. The number of nitrogens with two attached hydrogens (primary N) is 1. The average molecular weight is 207 g/mol. The fourth-order valence-corrected chi connectivity index (χ4v) is 2.12. The van der Waals surface area contributed by atoms with Crippen LogP contribution in [-0.4, -0.2) is 28.9 Å². The third-order valence-electron chi connectivity index (χ3n) is 2.94. The summed E-state index contributed by atoms with van der Waals surface area (Å²) in [5.41, 5.74) is 5.39. The number of amides is 2. The Balaban J connectivity index is 3.05. The van der Waals surface area contributed by atoms with Gasteiger partial charge in [0, 0.05) is 0 Å². The lowest BCUT2D eigenvalue weighted by Crippen LogP contribution is -2.53. The zero-order chi connectivity index (χ0) is 11.5. The summed E-state index contributed by atoms with van der Waals surface area (Å²) >= 11 is 0. The topological polar surface area (TPSA) is 58.7 Å². The van der Waals surface area contributed by atoms with Crippen LogP contribution in [0.4, 0.5) is 4.79 Å². The van der Waals surface area contributed by atoms with Crippen molar-refractivity contribution in [2.75, 3.05) is 6.54 Å². The summed E-state index contributed by atoms with van der Waals surface area (Å²) in [6.45, 7) is 4.33. The van der Waals surface area contributed by atoms with E-state index in [1.165, 1.54) is 0 Å². The molecule has 1 heterocycles. The first kappa shape index (κ1) is 11.6. The van der Waals surface area contributed by atoms with E-state index in [9.17, 15) is 4.79 Å². The van der Waals surface area contributed by atoms with Gasteiger partial charge in [-0.3, -0.25) is 4.90 Å². The number of hydrogen-bond donors (Lipinski definition) is 1. The molecule has 82 valence electrons. The third-order valence-corrected chi connectivity index (χ3v) is 2.94. The van der Waals surface area contributed by atoms with Crippen molar-refractivity contribution in [3.05, 3.63) is 0 Å². The summed E-state index contributed by atoms with van der Waals surface area (Å²) in [6, 6.07) is -0.305. The predicted molar refractivity (Wildman–Crippen MR) is 60.5 cm³/mol. The van der Waals surface area contributed by atoms with Crippen LogP contribution in [0.25, 0.3) is 0 Å². The van der Waals surface area contributed by atoms with Gasteiger partial charge in [0.05, 0.1) is 6.54 Å². The Hall–Kier alpha value is -1.50. The molecule has 4 heteroatoms. The van der Waals surface area contributed by atoms with Crippen LogP contribution in [0, 0.1) is 12.3 Å². The molecule has 1 unspecified atom stereocenters. The molecule has 0 aromatic carbocycles. The normalized spacial score (nSPS) is 25.3. The summed E-state index contributed by atoms with van der Waals surface area (Å²) in [5, 5.41) is 0. The maximum atomic E-state index is 11.6. The molecule has 0 aromatic heterocycles. The number of aliphatic imine (C=N–C) groups is 1. The highest BCUT2D eigenvalue weighted by atomic mass is 16.2. The monoisotopic (exact) mass is 207 g/mol. The number of carbonyl (C=O) groups excluding carboxylic acids is 1. The second kappa shape index (κ2) is 4.35. The van der Waals surface area contributed by atoms with Crippen molar-refractivity contribution in [3.8, 4) is 12.3 Å². The summed E-state index contributed by atoms with van der Waals surface area (Å²) in [4.78, 5) is 17.0. The van der Waals surface area contributed by atoms with E-state index >= 15 is 0 Å². The van der Waals surface area contributed by atoms with Gasteiger partial charge in [0.2, 0.25) is 0 Å². The second-order valence-corrected chi connectivity index (χ2v) is 3.71. The summed E-state index contributed by atoms with van der Waals surface area (Å²) in [6.07, 6.45) is 7.76. The van der Waals surface area contributed by atoms with Crippen molar-refractivity contribution in [1.82, 2.24) is 4.90 Å². The molecule has 1 rings (SSSR count). The van der Waals surface area contributed by atoms with Crippen LogP contribution < -0.4 is 5.73 Å². The highest BCUT2D eigenvalue weighted by molar-refractivity contribution is 6.05. The first-order valence-corrected chi connectivity index (χ1v) is 5.22. The van der Waals surface area contributed by atoms with Gasteiger partial charge in [-0.05, 0) is 12.8 Å². The molecule has 2 N–H and O–H groups in total. The highest BCUT2D eigenvalue weighted by Crippen LogP contribution is 2.31. The Morgan fingerprint density at radius 3 is 2.73 bits per heavy atom. The van der Waals surface area contributed by atoms with E-state index in [1.54, 1.807) is 4.90 Å². The van der Waals surface area contributed by atoms with Gasteiger partial charge < -0.3 is 5.73 Å². The van der Waals surface area contributed by atoms with E-state index in [0.29, 0.717) is 5.84 Å². The van der Waals surface area contributed by atoms with Crippen molar-refractivity contribution in [3.63, 3.8) is 0 Å². The number of rotatable bonds is 4.